The molecule has 7 heteroatoms. The molecule has 2 heterocycles. The predicted molar refractivity (Wildman–Crippen MR) is 94.4 cm³/mol. The van der Waals surface area contributed by atoms with Gasteiger partial charge in [-0.05, 0) is 42.0 Å². The zero-order valence-electron chi connectivity index (χ0n) is 13.1. The van der Waals surface area contributed by atoms with Crippen LogP contribution < -0.4 is 11.1 Å². The molecule has 1 aromatic carbocycles. The normalized spacial score (nSPS) is 10.7. The largest absolute Gasteiger partial charge is 0.366 e. The maximum Gasteiger partial charge on any atom is 0.248 e. The van der Waals surface area contributed by atoms with E-state index in [4.69, 9.17) is 5.73 Å². The second-order valence-electron chi connectivity index (χ2n) is 5.21. The minimum Gasteiger partial charge on any atom is -0.366 e. The Bertz CT molecular complexity index is 915. The Hall–Kier alpha value is -3.74. The maximum atomic E-state index is 12.1. The first-order valence-corrected chi connectivity index (χ1v) is 7.45. The number of H-pyrrole nitrogens is 1. The van der Waals surface area contributed by atoms with Crippen molar-refractivity contribution < 1.29 is 9.59 Å². The monoisotopic (exact) mass is 333 g/mol. The third kappa shape index (κ3) is 3.97. The Morgan fingerprint density at radius 3 is 2.60 bits per heavy atom. The third-order valence-corrected chi connectivity index (χ3v) is 3.51. The van der Waals surface area contributed by atoms with Crippen LogP contribution in [-0.2, 0) is 4.79 Å². The molecule has 25 heavy (non-hydrogen) atoms. The minimum absolute atomic E-state index is 0.297. The number of aromatic nitrogens is 3. The summed E-state index contributed by atoms with van der Waals surface area (Å²) >= 11 is 0. The van der Waals surface area contributed by atoms with Gasteiger partial charge in [0.05, 0.1) is 6.20 Å². The number of hydrogen-bond donors (Lipinski definition) is 3. The van der Waals surface area contributed by atoms with Gasteiger partial charge in [-0.25, -0.2) is 0 Å². The van der Waals surface area contributed by atoms with Crippen molar-refractivity contribution in [3.8, 4) is 11.1 Å². The summed E-state index contributed by atoms with van der Waals surface area (Å²) in [5, 5.41) is 9.40. The lowest BCUT2D eigenvalue weighted by Crippen LogP contribution is -2.11. The number of nitrogens with one attached hydrogen (secondary N) is 2. The SMILES string of the molecule is NC(=O)c1ccc(NC(=O)/C=C/c2cnccc2-c2cn[nH]c2)cc1. The molecule has 2 aromatic heterocycles. The van der Waals surface area contributed by atoms with Gasteiger partial charge in [-0.15, -0.1) is 0 Å². The first kappa shape index (κ1) is 16.1. The number of nitrogens with zero attached hydrogens (tertiary/aromatic N) is 2. The van der Waals surface area contributed by atoms with E-state index in [0.717, 1.165) is 16.7 Å². The summed E-state index contributed by atoms with van der Waals surface area (Å²) in [5.41, 5.74) is 8.75. The Balaban J connectivity index is 1.72. The number of hydrogen-bond acceptors (Lipinski definition) is 4. The van der Waals surface area contributed by atoms with Gasteiger partial charge < -0.3 is 11.1 Å². The van der Waals surface area contributed by atoms with E-state index in [1.807, 2.05) is 6.07 Å². The van der Waals surface area contributed by atoms with Gasteiger partial charge in [0.15, 0.2) is 0 Å². The van der Waals surface area contributed by atoms with Crippen LogP contribution in [0.1, 0.15) is 15.9 Å². The lowest BCUT2D eigenvalue weighted by molar-refractivity contribution is -0.111. The fourth-order valence-corrected chi connectivity index (χ4v) is 2.27. The molecule has 0 unspecified atom stereocenters. The number of carbonyl (C=O) groups excluding carboxylic acids is 2. The van der Waals surface area contributed by atoms with Crippen LogP contribution in [0.5, 0.6) is 0 Å². The van der Waals surface area contributed by atoms with Crippen LogP contribution in [-0.4, -0.2) is 27.0 Å². The molecule has 0 aliphatic carbocycles. The smallest absolute Gasteiger partial charge is 0.248 e. The van der Waals surface area contributed by atoms with E-state index in [9.17, 15) is 9.59 Å². The van der Waals surface area contributed by atoms with E-state index in [2.05, 4.69) is 20.5 Å². The molecule has 0 saturated heterocycles. The maximum absolute atomic E-state index is 12.1. The van der Waals surface area contributed by atoms with Crippen LogP contribution in [0.3, 0.4) is 0 Å². The zero-order chi connectivity index (χ0) is 17.6. The summed E-state index contributed by atoms with van der Waals surface area (Å²) in [4.78, 5) is 27.2. The highest BCUT2D eigenvalue weighted by Crippen LogP contribution is 2.22. The van der Waals surface area contributed by atoms with E-state index in [-0.39, 0.29) is 5.91 Å². The number of benzene rings is 1. The molecule has 0 radical (unpaired) electrons. The lowest BCUT2D eigenvalue weighted by Gasteiger charge is -2.04. The van der Waals surface area contributed by atoms with E-state index < -0.39 is 5.91 Å². The summed E-state index contributed by atoms with van der Waals surface area (Å²) < 4.78 is 0. The molecule has 0 aliphatic rings. The molecule has 0 atom stereocenters. The van der Waals surface area contributed by atoms with Gasteiger partial charge in [0.25, 0.3) is 0 Å². The molecule has 2 amide bonds. The summed E-state index contributed by atoms with van der Waals surface area (Å²) in [7, 11) is 0. The van der Waals surface area contributed by atoms with Crippen LogP contribution in [0.25, 0.3) is 17.2 Å². The van der Waals surface area contributed by atoms with E-state index in [1.54, 1.807) is 55.1 Å². The van der Waals surface area contributed by atoms with E-state index in [0.29, 0.717) is 11.3 Å². The number of pyridine rings is 1. The molecule has 7 nitrogen and oxygen atoms in total. The van der Waals surface area contributed by atoms with Crippen molar-refractivity contribution in [2.24, 2.45) is 5.73 Å². The number of primary amides is 1. The molecule has 0 spiro atoms. The second kappa shape index (κ2) is 7.22. The lowest BCUT2D eigenvalue weighted by atomic mass is 10.0. The van der Waals surface area contributed by atoms with Crippen molar-refractivity contribution in [3.05, 3.63) is 72.3 Å². The molecular formula is C18H15N5O2. The Labute approximate surface area is 143 Å². The fraction of sp³-hybridized carbons (Fsp3) is 0. The van der Waals surface area contributed by atoms with Crippen molar-refractivity contribution in [1.29, 1.82) is 0 Å². The van der Waals surface area contributed by atoms with Gasteiger partial charge in [0.1, 0.15) is 0 Å². The third-order valence-electron chi connectivity index (χ3n) is 3.51. The van der Waals surface area contributed by atoms with Crippen molar-refractivity contribution in [2.75, 3.05) is 5.32 Å². The minimum atomic E-state index is -0.513. The highest BCUT2D eigenvalue weighted by molar-refractivity contribution is 6.02. The first-order valence-electron chi connectivity index (χ1n) is 7.45. The molecule has 0 saturated carbocycles. The first-order chi connectivity index (χ1) is 12.1. The Morgan fingerprint density at radius 2 is 1.92 bits per heavy atom. The van der Waals surface area contributed by atoms with Crippen LogP contribution in [0.15, 0.2) is 61.2 Å². The molecule has 0 bridgehead atoms. The molecule has 4 N–H and O–H groups in total. The Morgan fingerprint density at radius 1 is 1.12 bits per heavy atom. The predicted octanol–water partition coefficient (Wildman–Crippen LogP) is 2.22. The van der Waals surface area contributed by atoms with Crippen molar-refractivity contribution in [1.82, 2.24) is 15.2 Å². The van der Waals surface area contributed by atoms with Crippen LogP contribution in [0.4, 0.5) is 5.69 Å². The summed E-state index contributed by atoms with van der Waals surface area (Å²) in [6, 6.07) is 8.20. The quantitative estimate of drug-likeness (QED) is 0.621. The van der Waals surface area contributed by atoms with Gasteiger partial charge in [0.2, 0.25) is 11.8 Å². The van der Waals surface area contributed by atoms with Gasteiger partial charge in [-0.1, -0.05) is 0 Å². The van der Waals surface area contributed by atoms with Gasteiger partial charge in [-0.3, -0.25) is 19.7 Å². The topological polar surface area (TPSA) is 114 Å². The van der Waals surface area contributed by atoms with Crippen LogP contribution >= 0.6 is 0 Å². The van der Waals surface area contributed by atoms with Crippen molar-refractivity contribution >= 4 is 23.6 Å². The number of rotatable bonds is 5. The Kier molecular flexibility index (Phi) is 4.66. The van der Waals surface area contributed by atoms with Crippen molar-refractivity contribution in [2.45, 2.75) is 0 Å². The zero-order valence-corrected chi connectivity index (χ0v) is 13.1. The standard InChI is InChI=1S/C18H15N5O2/c19-18(25)12-1-4-15(5-2-12)23-17(24)6-3-13-9-20-8-7-16(13)14-10-21-22-11-14/h1-11H,(H2,19,25)(H,21,22)(H,23,24)/b6-3+. The second-order valence-corrected chi connectivity index (χ2v) is 5.21. The number of amides is 2. The number of anilines is 1. The molecule has 0 aliphatic heterocycles. The molecule has 0 fully saturated rings. The molecule has 3 aromatic rings. The number of carbonyl (C=O) groups is 2. The average molecular weight is 333 g/mol. The molecule has 124 valence electrons. The van der Waals surface area contributed by atoms with Gasteiger partial charge >= 0.3 is 0 Å². The molecule has 3 rings (SSSR count). The van der Waals surface area contributed by atoms with Crippen molar-refractivity contribution in [3.63, 3.8) is 0 Å². The van der Waals surface area contributed by atoms with Crippen LogP contribution in [0.2, 0.25) is 0 Å². The summed E-state index contributed by atoms with van der Waals surface area (Å²) in [6.45, 7) is 0. The van der Waals surface area contributed by atoms with Gasteiger partial charge in [0, 0.05) is 47.0 Å². The summed E-state index contributed by atoms with van der Waals surface area (Å²) in [5.74, 6) is -0.810. The van der Waals surface area contributed by atoms with Gasteiger partial charge in [-0.2, -0.15) is 5.10 Å². The van der Waals surface area contributed by atoms with E-state index >= 15 is 0 Å². The average Bonchev–Trinajstić information content (AvgIpc) is 3.15. The fourth-order valence-electron chi connectivity index (χ4n) is 2.27. The highest BCUT2D eigenvalue weighted by Gasteiger charge is 2.05. The highest BCUT2D eigenvalue weighted by atomic mass is 16.1. The van der Waals surface area contributed by atoms with E-state index in [1.165, 1.54) is 6.08 Å². The summed E-state index contributed by atoms with van der Waals surface area (Å²) in [6.07, 6.45) is 9.93. The number of aromatic amines is 1. The molecular weight excluding hydrogens is 318 g/mol. The number of nitrogens with two attached hydrogens (primary N) is 1. The van der Waals surface area contributed by atoms with Crippen LogP contribution in [0, 0.1) is 0 Å².